The monoisotopic (exact) mass is 242 g/mol. The second-order valence-corrected chi connectivity index (χ2v) is 5.01. The zero-order chi connectivity index (χ0) is 13.0. The second-order valence-electron chi connectivity index (χ2n) is 5.01. The molecule has 0 aromatic heterocycles. The Balaban J connectivity index is 2.29. The van der Waals surface area contributed by atoms with Gasteiger partial charge in [-0.15, -0.1) is 0 Å². The lowest BCUT2D eigenvalue weighted by Crippen LogP contribution is -2.32. The average Bonchev–Trinajstić information content (AvgIpc) is 2.60. The van der Waals surface area contributed by atoms with Crippen molar-refractivity contribution in [3.8, 4) is 0 Å². The molecule has 1 aliphatic heterocycles. The van der Waals surface area contributed by atoms with Gasteiger partial charge in [-0.1, -0.05) is 0 Å². The number of likely N-dealkylation sites (tertiary alicyclic amines) is 1. The minimum atomic E-state index is -0.861. The first-order chi connectivity index (χ1) is 7.91. The van der Waals surface area contributed by atoms with Crippen LogP contribution < -0.4 is 0 Å². The first kappa shape index (κ1) is 14.0. The summed E-state index contributed by atoms with van der Waals surface area (Å²) in [5.74, 6) is -1.39. The molecule has 1 amide bonds. The molecule has 1 atom stereocenters. The molecule has 0 radical (unpaired) electrons. The molecule has 1 unspecified atom stereocenters. The number of hydrogen-bond donors (Lipinski definition) is 1. The van der Waals surface area contributed by atoms with Gasteiger partial charge in [0.15, 0.2) is 0 Å². The van der Waals surface area contributed by atoms with Crippen molar-refractivity contribution in [2.75, 3.05) is 26.7 Å². The maximum atomic E-state index is 11.5. The molecule has 98 valence electrons. The van der Waals surface area contributed by atoms with Crippen LogP contribution in [0.1, 0.15) is 26.7 Å². The fourth-order valence-electron chi connectivity index (χ4n) is 1.92. The number of carbonyl (C=O) groups is 2. The number of nitrogens with zero attached hydrogens (tertiary/aromatic N) is 2. The minimum absolute atomic E-state index is 0.0235. The molecule has 0 saturated carbocycles. The van der Waals surface area contributed by atoms with Gasteiger partial charge in [0.1, 0.15) is 0 Å². The number of carboxylic acid groups (broad SMARTS) is 1. The van der Waals surface area contributed by atoms with Gasteiger partial charge < -0.3 is 14.9 Å². The Morgan fingerprint density at radius 1 is 1.59 bits per heavy atom. The molecular weight excluding hydrogens is 220 g/mol. The Labute approximate surface area is 102 Å². The summed E-state index contributed by atoms with van der Waals surface area (Å²) in [5.41, 5.74) is 0. The third-order valence-electron chi connectivity index (χ3n) is 3.38. The molecule has 0 aromatic carbocycles. The van der Waals surface area contributed by atoms with E-state index in [4.69, 9.17) is 5.11 Å². The Morgan fingerprint density at radius 3 is 2.71 bits per heavy atom. The van der Waals surface area contributed by atoms with E-state index >= 15 is 0 Å². The van der Waals surface area contributed by atoms with Crippen molar-refractivity contribution in [2.45, 2.75) is 32.7 Å². The van der Waals surface area contributed by atoms with Gasteiger partial charge in [0.05, 0.1) is 5.92 Å². The highest BCUT2D eigenvalue weighted by Gasteiger charge is 2.33. The smallest absolute Gasteiger partial charge is 0.308 e. The largest absolute Gasteiger partial charge is 0.481 e. The van der Waals surface area contributed by atoms with Crippen LogP contribution in [0.2, 0.25) is 0 Å². The van der Waals surface area contributed by atoms with Gasteiger partial charge in [0.25, 0.3) is 0 Å². The standard InChI is InChI=1S/C12H22N2O3/c1-9(2)13(3)5-4-6-14-8-10(12(16)17)7-11(14)15/h9-10H,4-8H2,1-3H3,(H,16,17). The Kier molecular flexibility index (Phi) is 4.93. The van der Waals surface area contributed by atoms with Crippen molar-refractivity contribution in [3.63, 3.8) is 0 Å². The highest BCUT2D eigenvalue weighted by molar-refractivity contribution is 5.86. The van der Waals surface area contributed by atoms with Crippen molar-refractivity contribution >= 4 is 11.9 Å². The molecule has 1 heterocycles. The minimum Gasteiger partial charge on any atom is -0.481 e. The maximum Gasteiger partial charge on any atom is 0.308 e. The van der Waals surface area contributed by atoms with E-state index in [0.717, 1.165) is 13.0 Å². The molecule has 0 aromatic rings. The summed E-state index contributed by atoms with van der Waals surface area (Å²) in [6, 6.07) is 0.496. The van der Waals surface area contributed by atoms with Gasteiger partial charge >= 0.3 is 5.97 Å². The number of hydrogen-bond acceptors (Lipinski definition) is 3. The van der Waals surface area contributed by atoms with E-state index < -0.39 is 11.9 Å². The highest BCUT2D eigenvalue weighted by atomic mass is 16.4. The SMILES string of the molecule is CC(C)N(C)CCCN1CC(C(=O)O)CC1=O. The molecule has 17 heavy (non-hydrogen) atoms. The Morgan fingerprint density at radius 2 is 2.24 bits per heavy atom. The van der Waals surface area contributed by atoms with Crippen molar-refractivity contribution in [1.82, 2.24) is 9.80 Å². The lowest BCUT2D eigenvalue weighted by atomic mass is 10.1. The number of rotatable bonds is 6. The van der Waals surface area contributed by atoms with Gasteiger partial charge in [0, 0.05) is 25.6 Å². The first-order valence-electron chi connectivity index (χ1n) is 6.12. The first-order valence-corrected chi connectivity index (χ1v) is 6.12. The van der Waals surface area contributed by atoms with Crippen LogP contribution in [0.5, 0.6) is 0 Å². The lowest BCUT2D eigenvalue weighted by molar-refractivity contribution is -0.141. The summed E-state index contributed by atoms with van der Waals surface area (Å²) in [7, 11) is 2.05. The molecule has 5 heteroatoms. The van der Waals surface area contributed by atoms with E-state index in [0.29, 0.717) is 19.1 Å². The molecule has 1 rings (SSSR count). The molecule has 1 aliphatic rings. The lowest BCUT2D eigenvalue weighted by Gasteiger charge is -2.22. The number of carboxylic acids is 1. The summed E-state index contributed by atoms with van der Waals surface area (Å²) in [6.07, 6.45) is 1.06. The van der Waals surface area contributed by atoms with E-state index in [9.17, 15) is 9.59 Å². The number of amides is 1. The van der Waals surface area contributed by atoms with Crippen LogP contribution in [0, 0.1) is 5.92 Å². The summed E-state index contributed by atoms with van der Waals surface area (Å²) in [4.78, 5) is 26.2. The Hall–Kier alpha value is -1.10. The van der Waals surface area contributed by atoms with E-state index in [2.05, 4.69) is 25.8 Å². The number of aliphatic carboxylic acids is 1. The normalized spacial score (nSPS) is 20.6. The summed E-state index contributed by atoms with van der Waals surface area (Å²) in [5, 5.41) is 8.85. The fourth-order valence-corrected chi connectivity index (χ4v) is 1.92. The number of carbonyl (C=O) groups excluding carboxylic acids is 1. The maximum absolute atomic E-state index is 11.5. The van der Waals surface area contributed by atoms with E-state index in [1.54, 1.807) is 4.90 Å². The van der Waals surface area contributed by atoms with Crippen LogP contribution in [-0.2, 0) is 9.59 Å². The summed E-state index contributed by atoms with van der Waals surface area (Å²) >= 11 is 0. The molecule has 0 bridgehead atoms. The van der Waals surface area contributed by atoms with Gasteiger partial charge in [-0.05, 0) is 33.9 Å². The molecule has 1 fully saturated rings. The highest BCUT2D eigenvalue weighted by Crippen LogP contribution is 2.18. The van der Waals surface area contributed by atoms with E-state index in [-0.39, 0.29) is 12.3 Å². The van der Waals surface area contributed by atoms with Crippen molar-refractivity contribution < 1.29 is 14.7 Å². The molecule has 1 N–H and O–H groups in total. The second kappa shape index (κ2) is 6.00. The third kappa shape index (κ3) is 4.00. The van der Waals surface area contributed by atoms with Crippen LogP contribution in [0.4, 0.5) is 0 Å². The van der Waals surface area contributed by atoms with E-state index in [1.165, 1.54) is 0 Å². The van der Waals surface area contributed by atoms with Gasteiger partial charge in [-0.25, -0.2) is 0 Å². The van der Waals surface area contributed by atoms with Crippen LogP contribution in [-0.4, -0.2) is 59.5 Å². The van der Waals surface area contributed by atoms with Crippen LogP contribution in [0.3, 0.4) is 0 Å². The average molecular weight is 242 g/mol. The fraction of sp³-hybridized carbons (Fsp3) is 0.833. The van der Waals surface area contributed by atoms with Gasteiger partial charge in [0.2, 0.25) is 5.91 Å². The summed E-state index contributed by atoms with van der Waals surface area (Å²) < 4.78 is 0. The quantitative estimate of drug-likeness (QED) is 0.743. The topological polar surface area (TPSA) is 60.9 Å². The van der Waals surface area contributed by atoms with Crippen LogP contribution in [0.15, 0.2) is 0 Å². The molecule has 0 aliphatic carbocycles. The predicted molar refractivity (Wildman–Crippen MR) is 64.7 cm³/mol. The zero-order valence-corrected chi connectivity index (χ0v) is 10.8. The predicted octanol–water partition coefficient (Wildman–Crippen LogP) is 0.650. The third-order valence-corrected chi connectivity index (χ3v) is 3.38. The van der Waals surface area contributed by atoms with E-state index in [1.807, 2.05) is 0 Å². The van der Waals surface area contributed by atoms with Crippen LogP contribution >= 0.6 is 0 Å². The molecule has 1 saturated heterocycles. The molecule has 5 nitrogen and oxygen atoms in total. The van der Waals surface area contributed by atoms with Gasteiger partial charge in [-0.2, -0.15) is 0 Å². The molecule has 0 spiro atoms. The molecular formula is C12H22N2O3. The Bertz CT molecular complexity index is 291. The van der Waals surface area contributed by atoms with Crippen molar-refractivity contribution in [1.29, 1.82) is 0 Å². The van der Waals surface area contributed by atoms with Crippen molar-refractivity contribution in [2.24, 2.45) is 5.92 Å². The van der Waals surface area contributed by atoms with Gasteiger partial charge in [-0.3, -0.25) is 9.59 Å². The van der Waals surface area contributed by atoms with Crippen molar-refractivity contribution in [3.05, 3.63) is 0 Å². The summed E-state index contributed by atoms with van der Waals surface area (Å²) in [6.45, 7) is 6.22. The van der Waals surface area contributed by atoms with Crippen LogP contribution in [0.25, 0.3) is 0 Å². The zero-order valence-electron chi connectivity index (χ0n) is 10.8.